The highest BCUT2D eigenvalue weighted by Gasteiger charge is 2.17. The van der Waals surface area contributed by atoms with Crippen molar-refractivity contribution in [1.82, 2.24) is 0 Å². The maximum atomic E-state index is 12.9. The van der Waals surface area contributed by atoms with Crippen LogP contribution in [0.1, 0.15) is 303 Å². The lowest BCUT2D eigenvalue weighted by Crippen LogP contribution is -2.30. The fourth-order valence-corrected chi connectivity index (χ4v) is 8.67. The van der Waals surface area contributed by atoms with Crippen molar-refractivity contribution in [3.8, 4) is 0 Å². The van der Waals surface area contributed by atoms with Gasteiger partial charge in [-0.15, -0.1) is 0 Å². The molecule has 0 spiro atoms. The zero-order chi connectivity index (χ0) is 50.6. The summed E-state index contributed by atoms with van der Waals surface area (Å²) in [7, 11) is 0. The summed E-state index contributed by atoms with van der Waals surface area (Å²) in [5.41, 5.74) is 0. The number of allylic oxidation sites excluding steroid dienone is 12. The van der Waals surface area contributed by atoms with Crippen molar-refractivity contribution in [2.24, 2.45) is 0 Å². The van der Waals surface area contributed by atoms with E-state index in [0.29, 0.717) is 19.4 Å². The fourth-order valence-electron chi connectivity index (χ4n) is 8.67. The second-order valence-corrected chi connectivity index (χ2v) is 20.2. The average molecular weight is 978 g/mol. The molecule has 0 heterocycles. The van der Waals surface area contributed by atoms with Crippen LogP contribution in [-0.4, -0.2) is 37.9 Å². The summed E-state index contributed by atoms with van der Waals surface area (Å²) in [4.78, 5) is 25.6. The second kappa shape index (κ2) is 60.6. The highest BCUT2D eigenvalue weighted by atomic mass is 16.6. The smallest absolute Gasteiger partial charge is 0.306 e. The van der Waals surface area contributed by atoms with Gasteiger partial charge in [0, 0.05) is 19.4 Å². The zero-order valence-corrected chi connectivity index (χ0v) is 46.8. The van der Waals surface area contributed by atoms with Gasteiger partial charge in [-0.25, -0.2) is 0 Å². The Bertz CT molecular complexity index is 1240. The average Bonchev–Trinajstić information content (AvgIpc) is 3.36. The standard InChI is InChI=1S/C65H116O5/c1-4-7-10-13-16-19-22-25-28-31-33-35-37-40-43-46-49-52-55-58-64(66)69-62-63(61-68-60-57-54-51-48-45-42-39-36-32-29-26-23-20-17-14-11-8-5-2)70-65(67)59-56-53-50-47-44-41-38-34-30-27-24-21-18-15-12-9-6-3/h9,12,18,21,25-30,38,41,63H,4-8,10-11,13-17,19-20,22-24,31-37,39-40,42-62H2,1-3H3/b12-9-,21-18-,28-25-,29-26-,30-27-,41-38-. The molecule has 0 rings (SSSR count). The number of esters is 2. The lowest BCUT2D eigenvalue weighted by Gasteiger charge is -2.18. The highest BCUT2D eigenvalue weighted by molar-refractivity contribution is 5.70. The van der Waals surface area contributed by atoms with Crippen LogP contribution in [0.2, 0.25) is 0 Å². The monoisotopic (exact) mass is 977 g/mol. The Balaban J connectivity index is 4.31. The summed E-state index contributed by atoms with van der Waals surface area (Å²) in [6, 6.07) is 0. The Labute approximate surface area is 436 Å². The minimum Gasteiger partial charge on any atom is -0.462 e. The molecule has 0 bridgehead atoms. The molecular formula is C65H116O5. The van der Waals surface area contributed by atoms with E-state index in [2.05, 4.69) is 93.7 Å². The summed E-state index contributed by atoms with van der Waals surface area (Å²) in [6.45, 7) is 7.71. The molecule has 0 N–H and O–H groups in total. The minimum absolute atomic E-state index is 0.0727. The first-order chi connectivity index (χ1) is 34.6. The number of carbonyl (C=O) groups excluding carboxylic acids is 2. The van der Waals surface area contributed by atoms with E-state index in [0.717, 1.165) is 83.5 Å². The first-order valence-corrected chi connectivity index (χ1v) is 30.5. The molecule has 406 valence electrons. The molecule has 1 atom stereocenters. The molecule has 0 aliphatic rings. The maximum absolute atomic E-state index is 12.9. The van der Waals surface area contributed by atoms with E-state index in [1.54, 1.807) is 0 Å². The Hall–Kier alpha value is -2.66. The Morgan fingerprint density at radius 3 is 1.04 bits per heavy atom. The molecule has 0 aromatic heterocycles. The summed E-state index contributed by atoms with van der Waals surface area (Å²) >= 11 is 0. The van der Waals surface area contributed by atoms with Gasteiger partial charge in [-0.05, 0) is 109 Å². The Morgan fingerprint density at radius 2 is 0.643 bits per heavy atom. The molecule has 0 aliphatic heterocycles. The third-order valence-electron chi connectivity index (χ3n) is 13.2. The fraction of sp³-hybridized carbons (Fsp3) is 0.785. The highest BCUT2D eigenvalue weighted by Crippen LogP contribution is 2.15. The van der Waals surface area contributed by atoms with Gasteiger partial charge in [0.1, 0.15) is 6.61 Å². The van der Waals surface area contributed by atoms with Gasteiger partial charge in [-0.3, -0.25) is 9.59 Å². The summed E-state index contributed by atoms with van der Waals surface area (Å²) < 4.78 is 17.5. The molecule has 0 radical (unpaired) electrons. The van der Waals surface area contributed by atoms with Crippen molar-refractivity contribution in [3.05, 3.63) is 72.9 Å². The van der Waals surface area contributed by atoms with E-state index in [4.69, 9.17) is 14.2 Å². The molecular weight excluding hydrogens is 861 g/mol. The van der Waals surface area contributed by atoms with Gasteiger partial charge in [0.15, 0.2) is 6.10 Å². The van der Waals surface area contributed by atoms with Gasteiger partial charge < -0.3 is 14.2 Å². The lowest BCUT2D eigenvalue weighted by molar-refractivity contribution is -0.163. The third-order valence-corrected chi connectivity index (χ3v) is 13.2. The molecule has 0 saturated heterocycles. The lowest BCUT2D eigenvalue weighted by atomic mass is 10.1. The number of hydrogen-bond donors (Lipinski definition) is 0. The van der Waals surface area contributed by atoms with Crippen LogP contribution in [0.3, 0.4) is 0 Å². The van der Waals surface area contributed by atoms with E-state index in [-0.39, 0.29) is 25.2 Å². The van der Waals surface area contributed by atoms with Gasteiger partial charge in [0.2, 0.25) is 0 Å². The van der Waals surface area contributed by atoms with E-state index in [1.165, 1.54) is 186 Å². The SMILES string of the molecule is CC/C=C\C/C=C\C/C=C\C/C=C\CCCCCCC(=O)OC(COCCCCCCCCCC/C=C\CCCCCCCC)COC(=O)CCCCCCCCCCC/C=C\CCCCCCCC. The van der Waals surface area contributed by atoms with Crippen LogP contribution >= 0.6 is 0 Å². The van der Waals surface area contributed by atoms with Gasteiger partial charge in [-0.1, -0.05) is 254 Å². The molecule has 5 nitrogen and oxygen atoms in total. The molecule has 70 heavy (non-hydrogen) atoms. The second-order valence-electron chi connectivity index (χ2n) is 20.2. The van der Waals surface area contributed by atoms with Crippen LogP contribution in [-0.2, 0) is 23.8 Å². The topological polar surface area (TPSA) is 61.8 Å². The van der Waals surface area contributed by atoms with Crippen molar-refractivity contribution in [2.45, 2.75) is 309 Å². The number of ether oxygens (including phenoxy) is 3. The predicted octanol–water partition coefficient (Wildman–Crippen LogP) is 21.0. The first-order valence-electron chi connectivity index (χ1n) is 30.5. The number of hydrogen-bond acceptors (Lipinski definition) is 5. The van der Waals surface area contributed by atoms with E-state index in [1.807, 2.05) is 0 Å². The van der Waals surface area contributed by atoms with E-state index < -0.39 is 6.10 Å². The van der Waals surface area contributed by atoms with Crippen LogP contribution in [0.5, 0.6) is 0 Å². The van der Waals surface area contributed by atoms with Gasteiger partial charge >= 0.3 is 11.9 Å². The molecule has 0 amide bonds. The number of carbonyl (C=O) groups is 2. The van der Waals surface area contributed by atoms with Crippen LogP contribution in [0.4, 0.5) is 0 Å². The van der Waals surface area contributed by atoms with Crippen molar-refractivity contribution in [3.63, 3.8) is 0 Å². The molecule has 0 aromatic rings. The Kier molecular flexibility index (Phi) is 58.3. The summed E-state index contributed by atoms with van der Waals surface area (Å²) in [6.07, 6.45) is 79.3. The van der Waals surface area contributed by atoms with Crippen LogP contribution in [0, 0.1) is 0 Å². The number of rotatable bonds is 56. The molecule has 1 unspecified atom stereocenters. The minimum atomic E-state index is -0.555. The van der Waals surface area contributed by atoms with E-state index in [9.17, 15) is 9.59 Å². The molecule has 0 aromatic carbocycles. The number of unbranched alkanes of at least 4 members (excludes halogenated alkanes) is 33. The molecule has 0 aliphatic carbocycles. The molecule has 0 saturated carbocycles. The largest absolute Gasteiger partial charge is 0.462 e. The molecule has 5 heteroatoms. The zero-order valence-electron chi connectivity index (χ0n) is 46.8. The van der Waals surface area contributed by atoms with E-state index >= 15 is 0 Å². The van der Waals surface area contributed by atoms with Crippen molar-refractivity contribution in [1.29, 1.82) is 0 Å². The summed E-state index contributed by atoms with van der Waals surface area (Å²) in [5, 5.41) is 0. The van der Waals surface area contributed by atoms with Crippen LogP contribution in [0.25, 0.3) is 0 Å². The van der Waals surface area contributed by atoms with Crippen molar-refractivity contribution in [2.75, 3.05) is 19.8 Å². The van der Waals surface area contributed by atoms with Crippen LogP contribution in [0.15, 0.2) is 72.9 Å². The van der Waals surface area contributed by atoms with Crippen molar-refractivity contribution < 1.29 is 23.8 Å². The quantitative estimate of drug-likeness (QED) is 0.0345. The normalized spacial score (nSPS) is 12.7. The maximum Gasteiger partial charge on any atom is 0.306 e. The third kappa shape index (κ3) is 57.9. The summed E-state index contributed by atoms with van der Waals surface area (Å²) in [5.74, 6) is -0.418. The Morgan fingerprint density at radius 1 is 0.329 bits per heavy atom. The van der Waals surface area contributed by atoms with Gasteiger partial charge in [-0.2, -0.15) is 0 Å². The molecule has 0 fully saturated rings. The van der Waals surface area contributed by atoms with Gasteiger partial charge in [0.25, 0.3) is 0 Å². The first kappa shape index (κ1) is 67.3. The predicted molar refractivity (Wildman–Crippen MR) is 307 cm³/mol. The van der Waals surface area contributed by atoms with Crippen molar-refractivity contribution >= 4 is 11.9 Å². The van der Waals surface area contributed by atoms with Crippen LogP contribution < -0.4 is 0 Å². The van der Waals surface area contributed by atoms with Gasteiger partial charge in [0.05, 0.1) is 6.61 Å².